The maximum atomic E-state index is 13.0. The molecule has 1 aromatic heterocycles. The normalized spacial score (nSPS) is 13.6. The van der Waals surface area contributed by atoms with Crippen LogP contribution in [0.3, 0.4) is 0 Å². The number of ether oxygens (including phenoxy) is 2. The van der Waals surface area contributed by atoms with Crippen LogP contribution in [0.4, 0.5) is 0 Å². The van der Waals surface area contributed by atoms with E-state index < -0.39 is 0 Å². The summed E-state index contributed by atoms with van der Waals surface area (Å²) in [6, 6.07) is 13.0. The maximum Gasteiger partial charge on any atom is 0.255 e. The molecule has 4 rings (SSSR count). The Balaban J connectivity index is 1.43. The third kappa shape index (κ3) is 6.02. The lowest BCUT2D eigenvalue weighted by molar-refractivity contribution is 0.0934. The van der Waals surface area contributed by atoms with Crippen LogP contribution in [-0.2, 0) is 11.3 Å². The minimum absolute atomic E-state index is 0.0660. The zero-order chi connectivity index (χ0) is 23.8. The zero-order valence-electron chi connectivity index (χ0n) is 19.3. The molecule has 0 unspecified atom stereocenters. The molecule has 1 fully saturated rings. The first kappa shape index (κ1) is 23.5. The molecule has 2 aromatic carbocycles. The summed E-state index contributed by atoms with van der Waals surface area (Å²) in [6.45, 7) is 1.03. The van der Waals surface area contributed by atoms with Crippen molar-refractivity contribution in [2.45, 2.75) is 38.3 Å². The number of methoxy groups -OCH3 is 1. The lowest BCUT2D eigenvalue weighted by Crippen LogP contribution is -2.32. The zero-order valence-corrected chi connectivity index (χ0v) is 19.3. The fourth-order valence-corrected chi connectivity index (χ4v) is 4.09. The number of aromatic nitrogens is 2. The molecule has 0 aliphatic heterocycles. The molecular weight excluding hydrogens is 432 g/mol. The number of rotatable bonds is 10. The molecule has 0 spiro atoms. The average Bonchev–Trinajstić information content (AvgIpc) is 3.58. The van der Waals surface area contributed by atoms with Crippen molar-refractivity contribution in [3.05, 3.63) is 71.5 Å². The number of nitrogens with zero attached hydrogens (tertiary/aromatic N) is 1. The Labute approximate surface area is 199 Å². The van der Waals surface area contributed by atoms with Crippen LogP contribution in [0.2, 0.25) is 0 Å². The van der Waals surface area contributed by atoms with Crippen LogP contribution < -0.4 is 15.4 Å². The van der Waals surface area contributed by atoms with Gasteiger partial charge in [-0.25, -0.2) is 0 Å². The number of H-pyrrole nitrogens is 1. The van der Waals surface area contributed by atoms with Crippen molar-refractivity contribution in [2.24, 2.45) is 0 Å². The van der Waals surface area contributed by atoms with E-state index in [0.717, 1.165) is 42.4 Å². The SMILES string of the molecule is COCCOc1cc(-c2cn[nH]c2)ccc1C(=O)NCc1cccc(C(=O)NC2CCCC2)c1. The molecule has 1 heterocycles. The first-order chi connectivity index (χ1) is 16.6. The molecule has 8 nitrogen and oxygen atoms in total. The van der Waals surface area contributed by atoms with E-state index in [1.165, 1.54) is 0 Å². The van der Waals surface area contributed by atoms with Gasteiger partial charge in [-0.1, -0.05) is 31.0 Å². The van der Waals surface area contributed by atoms with E-state index in [9.17, 15) is 9.59 Å². The second kappa shape index (κ2) is 11.5. The molecule has 0 radical (unpaired) electrons. The molecule has 0 bridgehead atoms. The summed E-state index contributed by atoms with van der Waals surface area (Å²) >= 11 is 0. The van der Waals surface area contributed by atoms with E-state index in [4.69, 9.17) is 9.47 Å². The molecular formula is C26H30N4O4. The second-order valence-electron chi connectivity index (χ2n) is 8.38. The van der Waals surface area contributed by atoms with Crippen molar-refractivity contribution in [3.63, 3.8) is 0 Å². The quantitative estimate of drug-likeness (QED) is 0.399. The van der Waals surface area contributed by atoms with E-state index >= 15 is 0 Å². The summed E-state index contributed by atoms with van der Waals surface area (Å²) in [7, 11) is 1.60. The van der Waals surface area contributed by atoms with E-state index in [0.29, 0.717) is 36.6 Å². The predicted octanol–water partition coefficient (Wildman–Crippen LogP) is 3.70. The Hall–Kier alpha value is -3.65. The maximum absolute atomic E-state index is 13.0. The van der Waals surface area contributed by atoms with Gasteiger partial charge in [-0.3, -0.25) is 14.7 Å². The van der Waals surface area contributed by atoms with Crippen LogP contribution in [-0.4, -0.2) is 48.4 Å². The van der Waals surface area contributed by atoms with Crippen molar-refractivity contribution in [1.29, 1.82) is 0 Å². The molecule has 2 amide bonds. The van der Waals surface area contributed by atoms with Crippen molar-refractivity contribution in [1.82, 2.24) is 20.8 Å². The number of aromatic amines is 1. The largest absolute Gasteiger partial charge is 0.490 e. The molecule has 0 saturated heterocycles. The molecule has 1 aliphatic rings. The molecule has 8 heteroatoms. The van der Waals surface area contributed by atoms with Gasteiger partial charge in [-0.2, -0.15) is 5.10 Å². The molecule has 3 aromatic rings. The lowest BCUT2D eigenvalue weighted by atomic mass is 10.1. The fourth-order valence-electron chi connectivity index (χ4n) is 4.09. The molecule has 0 atom stereocenters. The summed E-state index contributed by atoms with van der Waals surface area (Å²) in [5.74, 6) is 0.147. The number of carbonyl (C=O) groups excluding carboxylic acids is 2. The highest BCUT2D eigenvalue weighted by Crippen LogP contribution is 2.27. The Morgan fingerprint density at radius 1 is 1.06 bits per heavy atom. The summed E-state index contributed by atoms with van der Waals surface area (Å²) in [5, 5.41) is 12.8. The monoisotopic (exact) mass is 462 g/mol. The van der Waals surface area contributed by atoms with Gasteiger partial charge in [0.25, 0.3) is 11.8 Å². The first-order valence-corrected chi connectivity index (χ1v) is 11.6. The van der Waals surface area contributed by atoms with Gasteiger partial charge in [-0.15, -0.1) is 0 Å². The van der Waals surface area contributed by atoms with Crippen LogP contribution in [0.15, 0.2) is 54.9 Å². The van der Waals surface area contributed by atoms with Gasteiger partial charge in [0.05, 0.1) is 18.4 Å². The van der Waals surface area contributed by atoms with Crippen molar-refractivity contribution >= 4 is 11.8 Å². The van der Waals surface area contributed by atoms with Gasteiger partial charge in [0, 0.05) is 37.0 Å². The first-order valence-electron chi connectivity index (χ1n) is 11.6. The third-order valence-electron chi connectivity index (χ3n) is 5.94. The van der Waals surface area contributed by atoms with Gasteiger partial charge in [0.1, 0.15) is 12.4 Å². The molecule has 1 aliphatic carbocycles. The van der Waals surface area contributed by atoms with Gasteiger partial charge >= 0.3 is 0 Å². The summed E-state index contributed by atoms with van der Waals surface area (Å²) in [6.07, 6.45) is 7.90. The topological polar surface area (TPSA) is 105 Å². The summed E-state index contributed by atoms with van der Waals surface area (Å²) in [5.41, 5.74) is 3.67. The summed E-state index contributed by atoms with van der Waals surface area (Å²) in [4.78, 5) is 25.6. The number of benzene rings is 2. The standard InChI is InChI=1S/C26H30N4O4/c1-33-11-12-34-24-14-19(21-16-28-29-17-21)9-10-23(24)26(32)27-15-18-5-4-6-20(13-18)25(31)30-22-7-2-3-8-22/h4-6,9-10,13-14,16-17,22H,2-3,7-8,11-12,15H2,1H3,(H,27,32)(H,28,29)(H,30,31). The fraction of sp³-hybridized carbons (Fsp3) is 0.346. The van der Waals surface area contributed by atoms with Crippen LogP contribution in [0.1, 0.15) is 52.0 Å². The van der Waals surface area contributed by atoms with E-state index in [1.807, 2.05) is 30.3 Å². The van der Waals surface area contributed by atoms with Crippen LogP contribution in [0.5, 0.6) is 5.75 Å². The molecule has 178 valence electrons. The molecule has 1 saturated carbocycles. The van der Waals surface area contributed by atoms with Gasteiger partial charge in [0.15, 0.2) is 0 Å². The highest BCUT2D eigenvalue weighted by Gasteiger charge is 2.18. The minimum Gasteiger partial charge on any atom is -0.490 e. The lowest BCUT2D eigenvalue weighted by Gasteiger charge is -2.14. The Morgan fingerprint density at radius 3 is 2.68 bits per heavy atom. The van der Waals surface area contributed by atoms with Crippen molar-refractivity contribution < 1.29 is 19.1 Å². The van der Waals surface area contributed by atoms with Crippen LogP contribution in [0.25, 0.3) is 11.1 Å². The highest BCUT2D eigenvalue weighted by molar-refractivity contribution is 5.98. The van der Waals surface area contributed by atoms with Gasteiger partial charge in [0.2, 0.25) is 0 Å². The number of carbonyl (C=O) groups is 2. The smallest absolute Gasteiger partial charge is 0.255 e. The Morgan fingerprint density at radius 2 is 1.91 bits per heavy atom. The number of nitrogens with one attached hydrogen (secondary N) is 3. The second-order valence-corrected chi connectivity index (χ2v) is 8.38. The molecule has 3 N–H and O–H groups in total. The number of amides is 2. The van der Waals surface area contributed by atoms with Crippen molar-refractivity contribution in [2.75, 3.05) is 20.3 Å². The van der Waals surface area contributed by atoms with Gasteiger partial charge < -0.3 is 20.1 Å². The third-order valence-corrected chi connectivity index (χ3v) is 5.94. The van der Waals surface area contributed by atoms with E-state index in [1.54, 1.807) is 31.6 Å². The highest BCUT2D eigenvalue weighted by atomic mass is 16.5. The van der Waals surface area contributed by atoms with Crippen molar-refractivity contribution in [3.8, 4) is 16.9 Å². The Bertz CT molecular complexity index is 1110. The number of hydrogen-bond donors (Lipinski definition) is 3. The predicted molar refractivity (Wildman–Crippen MR) is 129 cm³/mol. The average molecular weight is 463 g/mol. The van der Waals surface area contributed by atoms with Gasteiger partial charge in [-0.05, 0) is 48.2 Å². The summed E-state index contributed by atoms with van der Waals surface area (Å²) < 4.78 is 10.9. The molecule has 34 heavy (non-hydrogen) atoms. The van der Waals surface area contributed by atoms with Crippen LogP contribution in [0, 0.1) is 0 Å². The number of hydrogen-bond acceptors (Lipinski definition) is 5. The van der Waals surface area contributed by atoms with E-state index in [-0.39, 0.29) is 17.9 Å². The van der Waals surface area contributed by atoms with E-state index in [2.05, 4.69) is 20.8 Å². The Kier molecular flexibility index (Phi) is 7.93. The van der Waals surface area contributed by atoms with Crippen LogP contribution >= 0.6 is 0 Å². The minimum atomic E-state index is -0.257.